The van der Waals surface area contributed by atoms with E-state index in [9.17, 15) is 8.42 Å². The molecule has 0 aliphatic rings. The third-order valence-electron chi connectivity index (χ3n) is 2.71. The second kappa shape index (κ2) is 6.44. The van der Waals surface area contributed by atoms with Gasteiger partial charge >= 0.3 is 0 Å². The summed E-state index contributed by atoms with van der Waals surface area (Å²) in [4.78, 5) is 4.24. The van der Waals surface area contributed by atoms with Gasteiger partial charge in [0.1, 0.15) is 10.4 Å². The Hall–Kier alpha value is -1.60. The number of ether oxygens (including phenoxy) is 1. The van der Waals surface area contributed by atoms with E-state index in [0.717, 1.165) is 5.56 Å². The van der Waals surface area contributed by atoms with Crippen LogP contribution in [0.5, 0.6) is 5.75 Å². The second-order valence-electron chi connectivity index (χ2n) is 4.34. The maximum absolute atomic E-state index is 12.3. The van der Waals surface area contributed by atoms with Crippen LogP contribution in [0, 0.1) is 6.92 Å². The molecule has 2 aromatic rings. The summed E-state index contributed by atoms with van der Waals surface area (Å²) in [6, 6.07) is 7.98. The molecule has 0 fully saturated rings. The maximum Gasteiger partial charge on any atom is 0.261 e. The number of anilines is 1. The van der Waals surface area contributed by atoms with E-state index < -0.39 is 10.0 Å². The van der Waals surface area contributed by atoms with Crippen LogP contribution in [0.1, 0.15) is 12.5 Å². The zero-order chi connectivity index (χ0) is 15.5. The summed E-state index contributed by atoms with van der Waals surface area (Å²) in [5.41, 5.74) is 1.27. The Balaban J connectivity index is 2.23. The number of aromatic nitrogens is 1. The molecular formula is C14H15BrN2O3S. The van der Waals surface area contributed by atoms with Gasteiger partial charge in [-0.1, -0.05) is 0 Å². The maximum atomic E-state index is 12.3. The minimum absolute atomic E-state index is 0.173. The Labute approximate surface area is 132 Å². The number of nitrogens with one attached hydrogen (secondary N) is 1. The van der Waals surface area contributed by atoms with Crippen molar-refractivity contribution < 1.29 is 13.2 Å². The summed E-state index contributed by atoms with van der Waals surface area (Å²) in [7, 11) is -3.64. The smallest absolute Gasteiger partial charge is 0.261 e. The molecule has 112 valence electrons. The highest BCUT2D eigenvalue weighted by Gasteiger charge is 2.14. The van der Waals surface area contributed by atoms with Gasteiger partial charge < -0.3 is 4.74 Å². The Morgan fingerprint density at radius 2 is 1.95 bits per heavy atom. The number of rotatable bonds is 5. The fourth-order valence-electron chi connectivity index (χ4n) is 1.71. The highest BCUT2D eigenvalue weighted by atomic mass is 79.9. The number of nitrogens with zero attached hydrogens (tertiary/aromatic N) is 1. The predicted octanol–water partition coefficient (Wildman–Crippen LogP) is 3.35. The van der Waals surface area contributed by atoms with Gasteiger partial charge in [-0.15, -0.1) is 0 Å². The first kappa shape index (κ1) is 15.8. The largest absolute Gasteiger partial charge is 0.494 e. The minimum atomic E-state index is -3.64. The van der Waals surface area contributed by atoms with Gasteiger partial charge in [0.15, 0.2) is 0 Å². The van der Waals surface area contributed by atoms with Gasteiger partial charge in [0.25, 0.3) is 10.0 Å². The van der Waals surface area contributed by atoms with Crippen LogP contribution in [0.2, 0.25) is 0 Å². The van der Waals surface area contributed by atoms with Crippen molar-refractivity contribution in [2.24, 2.45) is 0 Å². The number of aryl methyl sites for hydroxylation is 1. The van der Waals surface area contributed by atoms with Crippen LogP contribution < -0.4 is 9.46 Å². The molecule has 5 nitrogen and oxygen atoms in total. The van der Waals surface area contributed by atoms with Gasteiger partial charge in [-0.05, 0) is 65.7 Å². The predicted molar refractivity (Wildman–Crippen MR) is 85.1 cm³/mol. The molecule has 0 radical (unpaired) electrons. The van der Waals surface area contributed by atoms with Crippen LogP contribution in [0.25, 0.3) is 0 Å². The molecular weight excluding hydrogens is 356 g/mol. The molecule has 1 N–H and O–H groups in total. The summed E-state index contributed by atoms with van der Waals surface area (Å²) < 4.78 is 33.0. The van der Waals surface area contributed by atoms with E-state index in [1.54, 1.807) is 18.2 Å². The van der Waals surface area contributed by atoms with E-state index in [1.165, 1.54) is 18.3 Å². The number of hydrogen-bond acceptors (Lipinski definition) is 4. The number of sulfonamides is 1. The molecule has 0 saturated carbocycles. The average Bonchev–Trinajstić information content (AvgIpc) is 2.44. The van der Waals surface area contributed by atoms with Crippen LogP contribution in [-0.4, -0.2) is 20.0 Å². The van der Waals surface area contributed by atoms with Crippen LogP contribution in [-0.2, 0) is 10.0 Å². The lowest BCUT2D eigenvalue weighted by Gasteiger charge is -2.09. The number of hydrogen-bond donors (Lipinski definition) is 1. The van der Waals surface area contributed by atoms with Gasteiger partial charge in [-0.2, -0.15) is 0 Å². The molecule has 0 unspecified atom stereocenters. The first-order chi connectivity index (χ1) is 9.92. The topological polar surface area (TPSA) is 68.3 Å². The Morgan fingerprint density at radius 3 is 2.52 bits per heavy atom. The Morgan fingerprint density at radius 1 is 1.29 bits per heavy atom. The molecule has 21 heavy (non-hydrogen) atoms. The van der Waals surface area contributed by atoms with E-state index >= 15 is 0 Å². The van der Waals surface area contributed by atoms with Gasteiger partial charge in [-0.25, -0.2) is 13.4 Å². The van der Waals surface area contributed by atoms with Gasteiger partial charge in [0.2, 0.25) is 0 Å². The van der Waals surface area contributed by atoms with Crippen molar-refractivity contribution in [3.05, 3.63) is 46.7 Å². The minimum Gasteiger partial charge on any atom is -0.494 e. The highest BCUT2D eigenvalue weighted by molar-refractivity contribution is 9.10. The number of halogens is 1. The Kier molecular flexibility index (Phi) is 4.84. The van der Waals surface area contributed by atoms with Crippen molar-refractivity contribution in [1.29, 1.82) is 0 Å². The Bertz CT molecular complexity index is 730. The van der Waals surface area contributed by atoms with Crippen LogP contribution in [0.4, 0.5) is 5.69 Å². The van der Waals surface area contributed by atoms with E-state index in [0.29, 0.717) is 22.6 Å². The highest BCUT2D eigenvalue weighted by Crippen LogP contribution is 2.21. The summed E-state index contributed by atoms with van der Waals surface area (Å²) >= 11 is 3.27. The molecule has 0 atom stereocenters. The van der Waals surface area contributed by atoms with Gasteiger partial charge in [0.05, 0.1) is 23.4 Å². The second-order valence-corrected chi connectivity index (χ2v) is 6.78. The van der Waals surface area contributed by atoms with Crippen molar-refractivity contribution in [2.45, 2.75) is 18.7 Å². The lowest BCUT2D eigenvalue weighted by molar-refractivity contribution is 0.340. The molecule has 0 aliphatic heterocycles. The van der Waals surface area contributed by atoms with Crippen molar-refractivity contribution >= 4 is 31.6 Å². The van der Waals surface area contributed by atoms with E-state index in [1.807, 2.05) is 13.8 Å². The summed E-state index contributed by atoms with van der Waals surface area (Å²) in [6.07, 6.45) is 1.46. The lowest BCUT2D eigenvalue weighted by atomic mass is 10.3. The molecule has 1 heterocycles. The summed E-state index contributed by atoms with van der Waals surface area (Å²) in [6.45, 7) is 4.25. The molecule has 0 bridgehead atoms. The summed E-state index contributed by atoms with van der Waals surface area (Å²) in [5.74, 6) is 0.637. The molecule has 1 aromatic carbocycles. The fraction of sp³-hybridized carbons (Fsp3) is 0.214. The zero-order valence-electron chi connectivity index (χ0n) is 11.6. The molecule has 0 aliphatic carbocycles. The number of pyridine rings is 1. The fourth-order valence-corrected chi connectivity index (χ4v) is 2.96. The number of benzene rings is 1. The van der Waals surface area contributed by atoms with Gasteiger partial charge in [0, 0.05) is 0 Å². The molecule has 1 aromatic heterocycles. The van der Waals surface area contributed by atoms with E-state index in [4.69, 9.17) is 4.74 Å². The standard InChI is InChI=1S/C14H15BrN2O3S/c1-3-20-12-4-6-13(7-5-12)21(18,19)17-11-8-10(2)14(15)16-9-11/h4-9,17H,3H2,1-2H3. The molecule has 0 saturated heterocycles. The molecule has 7 heteroatoms. The van der Waals surface area contributed by atoms with Crippen molar-refractivity contribution in [3.63, 3.8) is 0 Å². The molecule has 0 spiro atoms. The van der Waals surface area contributed by atoms with Gasteiger partial charge in [-0.3, -0.25) is 4.72 Å². The SMILES string of the molecule is CCOc1ccc(S(=O)(=O)Nc2cnc(Br)c(C)c2)cc1. The van der Waals surface area contributed by atoms with Crippen molar-refractivity contribution in [2.75, 3.05) is 11.3 Å². The first-order valence-electron chi connectivity index (χ1n) is 6.30. The quantitative estimate of drug-likeness (QED) is 0.819. The van der Waals surface area contributed by atoms with Crippen molar-refractivity contribution in [3.8, 4) is 5.75 Å². The zero-order valence-corrected chi connectivity index (χ0v) is 14.0. The van der Waals surface area contributed by atoms with Crippen molar-refractivity contribution in [1.82, 2.24) is 4.98 Å². The van der Waals surface area contributed by atoms with Crippen LogP contribution >= 0.6 is 15.9 Å². The van der Waals surface area contributed by atoms with E-state index in [-0.39, 0.29) is 4.90 Å². The lowest BCUT2D eigenvalue weighted by Crippen LogP contribution is -2.13. The third kappa shape index (κ3) is 3.95. The average molecular weight is 371 g/mol. The first-order valence-corrected chi connectivity index (χ1v) is 8.58. The van der Waals surface area contributed by atoms with Crippen LogP contribution in [0.15, 0.2) is 46.0 Å². The molecule has 2 rings (SSSR count). The van der Waals surface area contributed by atoms with Crippen LogP contribution in [0.3, 0.4) is 0 Å². The monoisotopic (exact) mass is 370 g/mol. The molecule has 0 amide bonds. The normalized spacial score (nSPS) is 11.2. The summed E-state index contributed by atoms with van der Waals surface area (Å²) in [5, 5.41) is 0. The van der Waals surface area contributed by atoms with E-state index in [2.05, 4.69) is 25.6 Å². The third-order valence-corrected chi connectivity index (χ3v) is 4.94.